The molecule has 330 valence electrons. The summed E-state index contributed by atoms with van der Waals surface area (Å²) >= 11 is 0. The minimum absolute atomic E-state index is 0.163. The molecule has 1 amide bonds. The van der Waals surface area contributed by atoms with Crippen LogP contribution in [0.4, 0.5) is 8.78 Å². The van der Waals surface area contributed by atoms with E-state index in [4.69, 9.17) is 14.2 Å². The molecule has 2 N–H and O–H groups in total. The highest BCUT2D eigenvalue weighted by atomic mass is 19.1. The van der Waals surface area contributed by atoms with Gasteiger partial charge in [0.1, 0.15) is 29.3 Å². The Morgan fingerprint density at radius 1 is 0.726 bits per heavy atom. The van der Waals surface area contributed by atoms with Gasteiger partial charge in [-0.3, -0.25) is 4.79 Å². The SMILES string of the molecule is CCc1nn(-c2noc(C3CCN(C[C@H]4CCN(C(=O)CO)C4)CC3)n2)c2c(F)cccc12.CCc1nn(-c2noc(C3CCN(C[C@H]4CCNC4)CC3)n2)c2c(F)cccc12. The van der Waals surface area contributed by atoms with Crippen LogP contribution in [0.3, 0.4) is 0 Å². The first-order valence-corrected chi connectivity index (χ1v) is 22.3. The zero-order valence-corrected chi connectivity index (χ0v) is 35.6. The van der Waals surface area contributed by atoms with E-state index in [9.17, 15) is 13.6 Å². The van der Waals surface area contributed by atoms with E-state index < -0.39 is 6.61 Å². The molecule has 2 atom stereocenters. The standard InChI is InChI=1S/C23H29FN6O3.C21H27FN6O/c1-2-19-17-4-3-5-18(24)21(17)30(26-19)23-25-22(33-27-23)16-7-9-28(10-8-16)12-15-6-11-29(13-15)20(32)14-31;1-2-18-16-4-3-5-17(22)19(16)28(25-18)21-24-20(29-26-21)15-7-10-27(11-8-15)13-14-6-9-23-12-14/h3-5,15-16,31H,2,6-14H2,1H3;3-5,14-15,23H,2,6-13H2,1H3/t15-;14-/m10/s1. The van der Waals surface area contributed by atoms with Crippen LogP contribution in [-0.2, 0) is 17.6 Å². The lowest BCUT2D eigenvalue weighted by molar-refractivity contribution is -0.133. The number of rotatable bonds is 11. The highest BCUT2D eigenvalue weighted by Crippen LogP contribution is 2.32. The summed E-state index contributed by atoms with van der Waals surface area (Å²) in [6, 6.07) is 10.0. The van der Waals surface area contributed by atoms with Crippen LogP contribution < -0.4 is 5.32 Å². The number of carbonyl (C=O) groups excluding carboxylic acids is 1. The number of nitrogens with zero attached hydrogens (tertiary/aromatic N) is 11. The number of hydrogen-bond donors (Lipinski definition) is 2. The van der Waals surface area contributed by atoms with E-state index in [1.54, 1.807) is 17.0 Å². The van der Waals surface area contributed by atoms with Gasteiger partial charge in [-0.1, -0.05) is 38.1 Å². The van der Waals surface area contributed by atoms with Crippen molar-refractivity contribution in [1.29, 1.82) is 0 Å². The summed E-state index contributed by atoms with van der Waals surface area (Å²) in [5.41, 5.74) is 2.43. The van der Waals surface area contributed by atoms with Gasteiger partial charge in [-0.2, -0.15) is 29.5 Å². The normalized spacial score (nSPS) is 20.8. The number of amides is 1. The fraction of sp³-hybridized carbons (Fsp3) is 0.568. The van der Waals surface area contributed by atoms with Gasteiger partial charge >= 0.3 is 0 Å². The number of aryl methyl sites for hydroxylation is 2. The smallest absolute Gasteiger partial charge is 0.291 e. The number of halogens is 2. The van der Waals surface area contributed by atoms with Crippen LogP contribution >= 0.6 is 0 Å². The first-order chi connectivity index (χ1) is 30.3. The van der Waals surface area contributed by atoms with E-state index >= 15 is 0 Å². The molecule has 4 aliphatic heterocycles. The lowest BCUT2D eigenvalue weighted by Gasteiger charge is -2.32. The van der Waals surface area contributed by atoms with Crippen molar-refractivity contribution in [2.45, 2.75) is 77.0 Å². The maximum absolute atomic E-state index is 14.6. The highest BCUT2D eigenvalue weighted by Gasteiger charge is 2.32. The second kappa shape index (κ2) is 18.7. The maximum atomic E-state index is 14.6. The van der Waals surface area contributed by atoms with E-state index in [-0.39, 0.29) is 35.3 Å². The number of fused-ring (bicyclic) bond motifs is 2. The van der Waals surface area contributed by atoms with Crippen molar-refractivity contribution in [3.8, 4) is 11.9 Å². The fourth-order valence-corrected chi connectivity index (χ4v) is 9.78. The molecule has 0 aliphatic carbocycles. The third-order valence-electron chi connectivity index (χ3n) is 13.2. The molecular formula is C44H56F2N12O4. The van der Waals surface area contributed by atoms with E-state index in [1.165, 1.54) is 34.5 Å². The number of aromatic nitrogens is 8. The number of aliphatic hydroxyl groups is 1. The lowest BCUT2D eigenvalue weighted by Crippen LogP contribution is -2.38. The van der Waals surface area contributed by atoms with Crippen molar-refractivity contribution in [3.63, 3.8) is 0 Å². The van der Waals surface area contributed by atoms with E-state index in [0.717, 1.165) is 119 Å². The van der Waals surface area contributed by atoms with Gasteiger partial charge in [0.15, 0.2) is 0 Å². The Kier molecular flexibility index (Phi) is 12.7. The van der Waals surface area contributed by atoms with Gasteiger partial charge in [-0.15, -0.1) is 0 Å². The molecule has 62 heavy (non-hydrogen) atoms. The van der Waals surface area contributed by atoms with E-state index in [1.807, 2.05) is 26.0 Å². The summed E-state index contributed by atoms with van der Waals surface area (Å²) in [4.78, 5) is 27.6. The average molecular weight is 855 g/mol. The van der Waals surface area contributed by atoms with Gasteiger partial charge in [0, 0.05) is 48.8 Å². The summed E-state index contributed by atoms with van der Waals surface area (Å²) in [6.07, 6.45) is 7.49. The molecule has 2 aromatic carbocycles. The average Bonchev–Trinajstić information content (AvgIpc) is 4.16. The van der Waals surface area contributed by atoms with Crippen molar-refractivity contribution in [2.24, 2.45) is 11.8 Å². The quantitative estimate of drug-likeness (QED) is 0.178. The minimum Gasteiger partial charge on any atom is -0.387 e. The molecule has 4 saturated heterocycles. The van der Waals surface area contributed by atoms with Crippen LogP contribution in [0.5, 0.6) is 0 Å². The maximum Gasteiger partial charge on any atom is 0.291 e. The molecular weight excluding hydrogens is 799 g/mol. The second-order valence-electron chi connectivity index (χ2n) is 17.2. The Labute approximate surface area is 358 Å². The topological polar surface area (TPSA) is 173 Å². The van der Waals surface area contributed by atoms with Crippen molar-refractivity contribution >= 4 is 27.7 Å². The molecule has 4 fully saturated rings. The highest BCUT2D eigenvalue weighted by molar-refractivity contribution is 5.84. The Balaban J connectivity index is 0.000000159. The molecule has 4 aliphatic rings. The summed E-state index contributed by atoms with van der Waals surface area (Å²) in [6.45, 7) is 13.4. The van der Waals surface area contributed by atoms with Crippen molar-refractivity contribution in [3.05, 3.63) is 71.2 Å². The zero-order valence-electron chi connectivity index (χ0n) is 35.6. The number of benzene rings is 2. The first kappa shape index (κ1) is 42.1. The number of nitrogens with one attached hydrogen (secondary N) is 1. The molecule has 10 rings (SSSR count). The molecule has 0 spiro atoms. The van der Waals surface area contributed by atoms with Gasteiger partial charge in [0.25, 0.3) is 11.9 Å². The van der Waals surface area contributed by atoms with Gasteiger partial charge in [-0.05, 0) is 125 Å². The van der Waals surface area contributed by atoms with Crippen LogP contribution in [0.25, 0.3) is 33.7 Å². The Hall–Kier alpha value is -5.17. The number of aliphatic hydroxyl groups excluding tert-OH is 1. The first-order valence-electron chi connectivity index (χ1n) is 22.3. The molecule has 0 bridgehead atoms. The molecule has 0 unspecified atom stereocenters. The largest absolute Gasteiger partial charge is 0.387 e. The van der Waals surface area contributed by atoms with Gasteiger partial charge in [-0.25, -0.2) is 8.78 Å². The predicted molar refractivity (Wildman–Crippen MR) is 226 cm³/mol. The molecule has 8 heterocycles. The Morgan fingerprint density at radius 2 is 1.24 bits per heavy atom. The summed E-state index contributed by atoms with van der Waals surface area (Å²) < 4.78 is 43.2. The number of likely N-dealkylation sites (tertiary alicyclic amines) is 3. The number of para-hydroxylation sites is 2. The van der Waals surface area contributed by atoms with Gasteiger partial charge in [0.2, 0.25) is 17.7 Å². The molecule has 0 saturated carbocycles. The second-order valence-corrected chi connectivity index (χ2v) is 17.2. The van der Waals surface area contributed by atoms with Crippen LogP contribution in [0.1, 0.15) is 87.4 Å². The van der Waals surface area contributed by atoms with Gasteiger partial charge < -0.3 is 34.2 Å². The van der Waals surface area contributed by atoms with Crippen molar-refractivity contribution in [1.82, 2.24) is 59.9 Å². The number of piperidine rings is 2. The number of hydrogen-bond acceptors (Lipinski definition) is 13. The number of carbonyl (C=O) groups is 1. The summed E-state index contributed by atoms with van der Waals surface area (Å²) in [5.74, 6) is 2.57. The predicted octanol–water partition coefficient (Wildman–Crippen LogP) is 5.03. The molecule has 16 nitrogen and oxygen atoms in total. The monoisotopic (exact) mass is 854 g/mol. The van der Waals surface area contributed by atoms with Crippen molar-refractivity contribution in [2.75, 3.05) is 72.1 Å². The third kappa shape index (κ3) is 8.74. The van der Waals surface area contributed by atoms with Crippen LogP contribution in [-0.4, -0.2) is 138 Å². The fourth-order valence-electron chi connectivity index (χ4n) is 9.78. The lowest BCUT2D eigenvalue weighted by atomic mass is 9.95. The van der Waals surface area contributed by atoms with E-state index in [2.05, 4.69) is 45.6 Å². The van der Waals surface area contributed by atoms with E-state index in [0.29, 0.717) is 47.5 Å². The molecule has 4 aromatic heterocycles. The van der Waals surface area contributed by atoms with Crippen LogP contribution in [0.2, 0.25) is 0 Å². The minimum atomic E-state index is -0.412. The van der Waals surface area contributed by atoms with Gasteiger partial charge in [0.05, 0.1) is 11.4 Å². The van der Waals surface area contributed by atoms with Crippen LogP contribution in [0, 0.1) is 23.5 Å². The van der Waals surface area contributed by atoms with Crippen LogP contribution in [0.15, 0.2) is 45.4 Å². The molecule has 0 radical (unpaired) electrons. The summed E-state index contributed by atoms with van der Waals surface area (Å²) in [5, 5.41) is 31.4. The Bertz CT molecular complexity index is 2460. The Morgan fingerprint density at radius 3 is 1.71 bits per heavy atom. The zero-order chi connectivity index (χ0) is 42.7. The molecule has 6 aromatic rings. The third-order valence-corrected chi connectivity index (χ3v) is 13.2. The molecule has 18 heteroatoms. The van der Waals surface area contributed by atoms with Crippen molar-refractivity contribution < 1.29 is 27.7 Å². The summed E-state index contributed by atoms with van der Waals surface area (Å²) in [7, 11) is 0.